The van der Waals surface area contributed by atoms with Crippen LogP contribution in [0.5, 0.6) is 0 Å². The number of carbonyl (C=O) groups is 1. The molecule has 0 radical (unpaired) electrons. The molecule has 3 N–H and O–H groups in total. The predicted octanol–water partition coefficient (Wildman–Crippen LogP) is 1.83. The fourth-order valence-electron chi connectivity index (χ4n) is 1.71. The molecule has 2 rings (SSSR count). The Labute approximate surface area is 114 Å². The van der Waals surface area contributed by atoms with Crippen molar-refractivity contribution in [1.82, 2.24) is 4.98 Å². The third-order valence-corrected chi connectivity index (χ3v) is 2.76. The number of anilines is 1. The Morgan fingerprint density at radius 2 is 2.00 bits per heavy atom. The van der Waals surface area contributed by atoms with E-state index in [0.717, 1.165) is 0 Å². The monoisotopic (exact) mass is 271 g/mol. The summed E-state index contributed by atoms with van der Waals surface area (Å²) in [5, 5.41) is 14.7. The number of aromatic nitrogens is 1. The number of carbonyl (C=O) groups excluding carboxylic acids is 1. The fourth-order valence-corrected chi connectivity index (χ4v) is 1.71. The van der Waals surface area contributed by atoms with Crippen LogP contribution in [-0.2, 0) is 0 Å². The second-order valence-corrected chi connectivity index (χ2v) is 4.13. The minimum Gasteiger partial charge on any atom is -0.411 e. The number of nitrogens with zero attached hydrogens (tertiary/aromatic N) is 1. The number of nitrogens with one attached hydrogen (secondary N) is 2. The second kappa shape index (κ2) is 5.83. The molecule has 6 heteroatoms. The van der Waals surface area contributed by atoms with E-state index < -0.39 is 0 Å². The Hall–Kier alpha value is -2.89. The zero-order valence-corrected chi connectivity index (χ0v) is 10.8. The Balaban J connectivity index is 2.28. The number of oxime groups is 1. The van der Waals surface area contributed by atoms with Crippen LogP contribution in [0.2, 0.25) is 0 Å². The molecule has 1 aromatic carbocycles. The predicted molar refractivity (Wildman–Crippen MR) is 75.5 cm³/mol. The summed E-state index contributed by atoms with van der Waals surface area (Å²) in [4.78, 5) is 25.4. The van der Waals surface area contributed by atoms with Crippen molar-refractivity contribution in [2.24, 2.45) is 5.16 Å². The van der Waals surface area contributed by atoms with Gasteiger partial charge in [-0.15, -0.1) is 0 Å². The number of amides is 1. The number of rotatable bonds is 3. The maximum absolute atomic E-state index is 12.1. The molecule has 0 fully saturated rings. The van der Waals surface area contributed by atoms with Crippen molar-refractivity contribution in [2.45, 2.75) is 6.92 Å². The number of hydrogen-bond acceptors (Lipinski definition) is 4. The lowest BCUT2D eigenvalue weighted by Gasteiger charge is -2.09. The molecule has 0 atom stereocenters. The molecule has 0 unspecified atom stereocenters. The molecule has 20 heavy (non-hydrogen) atoms. The SMILES string of the molecule is C/C(=N/O)c1ccccc1NC(=O)c1ccc(=O)[nH]c1. The van der Waals surface area contributed by atoms with Gasteiger partial charge in [0.05, 0.1) is 17.0 Å². The molecule has 1 amide bonds. The molecule has 0 bridgehead atoms. The molecular weight excluding hydrogens is 258 g/mol. The molecule has 0 aliphatic carbocycles. The average molecular weight is 271 g/mol. The van der Waals surface area contributed by atoms with Crippen LogP contribution in [0.25, 0.3) is 0 Å². The minimum atomic E-state index is -0.362. The normalized spacial score (nSPS) is 11.2. The van der Waals surface area contributed by atoms with Gasteiger partial charge in [0.15, 0.2) is 0 Å². The Bertz CT molecular complexity index is 699. The van der Waals surface area contributed by atoms with Gasteiger partial charge in [0.2, 0.25) is 5.56 Å². The van der Waals surface area contributed by atoms with Gasteiger partial charge in [-0.2, -0.15) is 0 Å². The van der Waals surface area contributed by atoms with Crippen LogP contribution >= 0.6 is 0 Å². The van der Waals surface area contributed by atoms with Gasteiger partial charge < -0.3 is 15.5 Å². The quantitative estimate of drug-likeness (QED) is 0.451. The summed E-state index contributed by atoms with van der Waals surface area (Å²) in [5.74, 6) is -0.362. The lowest BCUT2D eigenvalue weighted by molar-refractivity contribution is 0.102. The van der Waals surface area contributed by atoms with E-state index in [1.807, 2.05) is 0 Å². The third kappa shape index (κ3) is 2.92. The van der Waals surface area contributed by atoms with E-state index in [9.17, 15) is 9.59 Å². The molecule has 0 aliphatic rings. The molecule has 0 aliphatic heterocycles. The van der Waals surface area contributed by atoms with Crippen molar-refractivity contribution in [2.75, 3.05) is 5.32 Å². The number of benzene rings is 1. The van der Waals surface area contributed by atoms with Crippen molar-refractivity contribution in [3.05, 3.63) is 64.1 Å². The van der Waals surface area contributed by atoms with Crippen LogP contribution in [0.3, 0.4) is 0 Å². The Morgan fingerprint density at radius 1 is 1.25 bits per heavy atom. The van der Waals surface area contributed by atoms with E-state index in [0.29, 0.717) is 22.5 Å². The van der Waals surface area contributed by atoms with Crippen molar-refractivity contribution in [1.29, 1.82) is 0 Å². The van der Waals surface area contributed by atoms with Crippen molar-refractivity contribution in [3.63, 3.8) is 0 Å². The average Bonchev–Trinajstić information content (AvgIpc) is 2.47. The van der Waals surface area contributed by atoms with Crippen LogP contribution < -0.4 is 10.9 Å². The summed E-state index contributed by atoms with van der Waals surface area (Å²) in [6.07, 6.45) is 1.34. The summed E-state index contributed by atoms with van der Waals surface area (Å²) < 4.78 is 0. The van der Waals surface area contributed by atoms with E-state index in [2.05, 4.69) is 15.5 Å². The largest absolute Gasteiger partial charge is 0.411 e. The highest BCUT2D eigenvalue weighted by Gasteiger charge is 2.10. The highest BCUT2D eigenvalue weighted by molar-refractivity contribution is 6.10. The van der Waals surface area contributed by atoms with Crippen LogP contribution in [0.15, 0.2) is 52.5 Å². The van der Waals surface area contributed by atoms with Gasteiger partial charge in [-0.1, -0.05) is 23.4 Å². The van der Waals surface area contributed by atoms with Gasteiger partial charge in [-0.3, -0.25) is 9.59 Å². The summed E-state index contributed by atoms with van der Waals surface area (Å²) >= 11 is 0. The van der Waals surface area contributed by atoms with Crippen molar-refractivity contribution >= 4 is 17.3 Å². The maximum atomic E-state index is 12.1. The first-order valence-electron chi connectivity index (χ1n) is 5.90. The highest BCUT2D eigenvalue weighted by atomic mass is 16.4. The van der Waals surface area contributed by atoms with Gasteiger partial charge in [0.25, 0.3) is 5.91 Å². The summed E-state index contributed by atoms with van der Waals surface area (Å²) in [5.41, 5.74) is 1.59. The van der Waals surface area contributed by atoms with Gasteiger partial charge in [0.1, 0.15) is 0 Å². The zero-order valence-electron chi connectivity index (χ0n) is 10.8. The molecule has 0 saturated heterocycles. The highest BCUT2D eigenvalue weighted by Crippen LogP contribution is 2.16. The van der Waals surface area contributed by atoms with Gasteiger partial charge >= 0.3 is 0 Å². The molecule has 2 aromatic rings. The second-order valence-electron chi connectivity index (χ2n) is 4.13. The number of para-hydroxylation sites is 1. The van der Waals surface area contributed by atoms with Crippen LogP contribution in [0.1, 0.15) is 22.8 Å². The first-order chi connectivity index (χ1) is 9.61. The molecular formula is C14H13N3O3. The zero-order chi connectivity index (χ0) is 14.5. The Kier molecular flexibility index (Phi) is 3.95. The topological polar surface area (TPSA) is 94.6 Å². The molecule has 1 aromatic heterocycles. The molecule has 0 saturated carbocycles. The van der Waals surface area contributed by atoms with E-state index in [-0.39, 0.29) is 11.5 Å². The number of aromatic amines is 1. The van der Waals surface area contributed by atoms with E-state index in [1.54, 1.807) is 31.2 Å². The first-order valence-corrected chi connectivity index (χ1v) is 5.90. The van der Waals surface area contributed by atoms with Crippen molar-refractivity contribution in [3.8, 4) is 0 Å². The summed E-state index contributed by atoms with van der Waals surface area (Å²) in [7, 11) is 0. The number of hydrogen-bond donors (Lipinski definition) is 3. The van der Waals surface area contributed by atoms with Crippen molar-refractivity contribution < 1.29 is 10.0 Å². The van der Waals surface area contributed by atoms with Gasteiger partial charge in [-0.05, 0) is 19.1 Å². The smallest absolute Gasteiger partial charge is 0.257 e. The number of pyridine rings is 1. The van der Waals surface area contributed by atoms with Gasteiger partial charge in [0, 0.05) is 17.8 Å². The maximum Gasteiger partial charge on any atom is 0.257 e. The number of H-pyrrole nitrogens is 1. The molecule has 6 nitrogen and oxygen atoms in total. The lowest BCUT2D eigenvalue weighted by Crippen LogP contribution is -2.16. The molecule has 102 valence electrons. The van der Waals surface area contributed by atoms with Gasteiger partial charge in [-0.25, -0.2) is 0 Å². The molecule has 1 heterocycles. The Morgan fingerprint density at radius 3 is 2.65 bits per heavy atom. The third-order valence-electron chi connectivity index (χ3n) is 2.76. The standard InChI is InChI=1S/C14H13N3O3/c1-9(17-20)11-4-2-3-5-12(11)16-14(19)10-6-7-13(18)15-8-10/h2-8,20H,1H3,(H,15,18)(H,16,19)/b17-9-. The van der Waals surface area contributed by atoms with E-state index >= 15 is 0 Å². The van der Waals surface area contributed by atoms with Crippen LogP contribution in [-0.4, -0.2) is 21.8 Å². The van der Waals surface area contributed by atoms with Crippen LogP contribution in [0, 0.1) is 0 Å². The van der Waals surface area contributed by atoms with Crippen LogP contribution in [0.4, 0.5) is 5.69 Å². The first kappa shape index (κ1) is 13.5. The molecule has 0 spiro atoms. The lowest BCUT2D eigenvalue weighted by atomic mass is 10.1. The van der Waals surface area contributed by atoms with E-state index in [1.165, 1.54) is 18.3 Å². The van der Waals surface area contributed by atoms with E-state index in [4.69, 9.17) is 5.21 Å². The summed E-state index contributed by atoms with van der Waals surface area (Å²) in [6, 6.07) is 9.69. The minimum absolute atomic E-state index is 0.273. The summed E-state index contributed by atoms with van der Waals surface area (Å²) in [6.45, 7) is 1.63. The fraction of sp³-hybridized carbons (Fsp3) is 0.0714.